The van der Waals surface area contributed by atoms with Gasteiger partial charge in [-0.15, -0.1) is 0 Å². The maximum Gasteiger partial charge on any atom is 0.276 e. The lowest BCUT2D eigenvalue weighted by Gasteiger charge is -2.45. The molecule has 31 heavy (non-hydrogen) atoms. The molecule has 2 aromatic heterocycles. The third-order valence-corrected chi connectivity index (χ3v) is 6.36. The van der Waals surface area contributed by atoms with Gasteiger partial charge in [0.15, 0.2) is 11.5 Å². The van der Waals surface area contributed by atoms with E-state index in [0.717, 1.165) is 44.5 Å². The Labute approximate surface area is 182 Å². The average molecular weight is 429 g/mol. The number of hydrogen-bond acceptors (Lipinski definition) is 6. The number of fused-ring (bicyclic) bond motifs is 2. The highest BCUT2D eigenvalue weighted by atomic mass is 16.5. The van der Waals surface area contributed by atoms with Crippen LogP contribution < -0.4 is 5.32 Å². The summed E-state index contributed by atoms with van der Waals surface area (Å²) in [6, 6.07) is 2.07. The van der Waals surface area contributed by atoms with Gasteiger partial charge in [-0.1, -0.05) is 5.16 Å². The molecular formula is C22H32N6O3. The van der Waals surface area contributed by atoms with Gasteiger partial charge in [0.2, 0.25) is 5.91 Å². The lowest BCUT2D eigenvalue weighted by atomic mass is 9.79. The lowest BCUT2D eigenvalue weighted by Crippen LogP contribution is -2.57. The van der Waals surface area contributed by atoms with Crippen LogP contribution in [0.25, 0.3) is 0 Å². The van der Waals surface area contributed by atoms with E-state index in [0.29, 0.717) is 42.3 Å². The molecule has 168 valence electrons. The number of carbonyl (C=O) groups excluding carboxylic acids is 2. The van der Waals surface area contributed by atoms with E-state index >= 15 is 0 Å². The van der Waals surface area contributed by atoms with Crippen molar-refractivity contribution >= 4 is 11.8 Å². The molecule has 2 amide bonds. The van der Waals surface area contributed by atoms with Gasteiger partial charge in [-0.25, -0.2) is 0 Å². The van der Waals surface area contributed by atoms with Crippen molar-refractivity contribution in [1.29, 1.82) is 0 Å². The largest absolute Gasteiger partial charge is 0.359 e. The van der Waals surface area contributed by atoms with E-state index in [1.165, 1.54) is 0 Å². The molecule has 2 aliphatic rings. The second-order valence-electron chi connectivity index (χ2n) is 9.16. The topological polar surface area (TPSA) is 96.5 Å². The van der Waals surface area contributed by atoms with Gasteiger partial charge in [0.1, 0.15) is 6.54 Å². The SMILES string of the molecule is Cc1cnn(Cc2cc(C(=O)N3CC4CN[C@H](CCCC(=O)N(C)C)C(C4)C3)no2)c1. The van der Waals surface area contributed by atoms with E-state index in [4.69, 9.17) is 4.52 Å². The first-order valence-electron chi connectivity index (χ1n) is 11.1. The average Bonchev–Trinajstić information content (AvgIpc) is 3.38. The first kappa shape index (κ1) is 21.5. The summed E-state index contributed by atoms with van der Waals surface area (Å²) in [6.45, 7) is 4.81. The van der Waals surface area contributed by atoms with Gasteiger partial charge in [0.25, 0.3) is 5.91 Å². The number of rotatable bonds is 7. The maximum absolute atomic E-state index is 13.1. The van der Waals surface area contributed by atoms with E-state index in [9.17, 15) is 9.59 Å². The Morgan fingerprint density at radius 1 is 1.32 bits per heavy atom. The van der Waals surface area contributed by atoms with E-state index in [-0.39, 0.29) is 11.8 Å². The zero-order valence-electron chi connectivity index (χ0n) is 18.6. The van der Waals surface area contributed by atoms with Crippen molar-refractivity contribution in [2.75, 3.05) is 33.7 Å². The zero-order valence-corrected chi connectivity index (χ0v) is 18.6. The van der Waals surface area contributed by atoms with E-state index < -0.39 is 0 Å². The van der Waals surface area contributed by atoms with Crippen molar-refractivity contribution in [3.05, 3.63) is 35.5 Å². The van der Waals surface area contributed by atoms with Gasteiger partial charge in [0, 0.05) is 51.9 Å². The number of aryl methyl sites for hydroxylation is 1. The Hall–Kier alpha value is -2.68. The Kier molecular flexibility index (Phi) is 6.41. The van der Waals surface area contributed by atoms with Crippen LogP contribution in [0.15, 0.2) is 23.0 Å². The minimum absolute atomic E-state index is 0.0650. The molecule has 4 heterocycles. The molecular weight excluding hydrogens is 396 g/mol. The monoisotopic (exact) mass is 428 g/mol. The van der Waals surface area contributed by atoms with Crippen LogP contribution in [0, 0.1) is 18.8 Å². The van der Waals surface area contributed by atoms with Crippen molar-refractivity contribution < 1.29 is 14.1 Å². The Balaban J connectivity index is 1.34. The molecule has 2 saturated heterocycles. The highest BCUT2D eigenvalue weighted by Crippen LogP contribution is 2.31. The quantitative estimate of drug-likeness (QED) is 0.719. The van der Waals surface area contributed by atoms with Crippen molar-refractivity contribution in [2.45, 2.75) is 45.2 Å². The van der Waals surface area contributed by atoms with Crippen LogP contribution in [0.3, 0.4) is 0 Å². The molecule has 2 aliphatic heterocycles. The molecule has 0 saturated carbocycles. The van der Waals surface area contributed by atoms with Gasteiger partial charge < -0.3 is 19.6 Å². The molecule has 1 N–H and O–H groups in total. The predicted molar refractivity (Wildman–Crippen MR) is 114 cm³/mol. The molecule has 9 nitrogen and oxygen atoms in total. The van der Waals surface area contributed by atoms with Crippen LogP contribution in [0.2, 0.25) is 0 Å². The van der Waals surface area contributed by atoms with Crippen molar-refractivity contribution in [2.24, 2.45) is 11.8 Å². The van der Waals surface area contributed by atoms with Gasteiger partial charge in [0.05, 0.1) is 6.20 Å². The molecule has 0 radical (unpaired) electrons. The second kappa shape index (κ2) is 9.21. The number of nitrogens with zero attached hydrogens (tertiary/aromatic N) is 5. The smallest absolute Gasteiger partial charge is 0.276 e. The number of likely N-dealkylation sites (tertiary alicyclic amines) is 1. The summed E-state index contributed by atoms with van der Waals surface area (Å²) in [7, 11) is 3.59. The first-order chi connectivity index (χ1) is 14.9. The Bertz CT molecular complexity index is 920. The maximum atomic E-state index is 13.1. The molecule has 9 heteroatoms. The lowest BCUT2D eigenvalue weighted by molar-refractivity contribution is -0.128. The van der Waals surface area contributed by atoms with Crippen LogP contribution in [0.4, 0.5) is 0 Å². The third kappa shape index (κ3) is 5.15. The number of piperidine rings is 2. The molecule has 2 unspecified atom stereocenters. The summed E-state index contributed by atoms with van der Waals surface area (Å²) >= 11 is 0. The van der Waals surface area contributed by atoms with Crippen molar-refractivity contribution in [3.63, 3.8) is 0 Å². The summed E-state index contributed by atoms with van der Waals surface area (Å²) < 4.78 is 7.16. The highest BCUT2D eigenvalue weighted by Gasteiger charge is 2.38. The second-order valence-corrected chi connectivity index (χ2v) is 9.16. The van der Waals surface area contributed by atoms with Crippen LogP contribution in [0.5, 0.6) is 0 Å². The minimum Gasteiger partial charge on any atom is -0.359 e. The molecule has 2 fully saturated rings. The molecule has 2 aromatic rings. The van der Waals surface area contributed by atoms with Gasteiger partial charge in [-0.05, 0) is 50.1 Å². The fourth-order valence-electron chi connectivity index (χ4n) is 4.73. The summed E-state index contributed by atoms with van der Waals surface area (Å²) in [5, 5.41) is 11.9. The van der Waals surface area contributed by atoms with Crippen LogP contribution in [0.1, 0.15) is 47.5 Å². The van der Waals surface area contributed by atoms with Crippen molar-refractivity contribution in [1.82, 2.24) is 30.1 Å². The fourth-order valence-corrected chi connectivity index (χ4v) is 4.73. The summed E-state index contributed by atoms with van der Waals surface area (Å²) in [5.74, 6) is 1.59. The molecule has 0 spiro atoms. The van der Waals surface area contributed by atoms with Crippen LogP contribution in [-0.4, -0.2) is 76.3 Å². The molecule has 0 aliphatic carbocycles. The first-order valence-corrected chi connectivity index (χ1v) is 11.1. The zero-order chi connectivity index (χ0) is 22.0. The molecule has 3 atom stereocenters. The standard InChI is InChI=1S/C22H32N6O3/c1-15-9-24-28(11-15)14-18-8-20(25-31-18)22(30)27-12-16-7-17(13-27)19(23-10-16)5-4-6-21(29)26(2)3/h8-9,11,16-17,19,23H,4-7,10,12-14H2,1-3H3/t16?,17?,19-/m1/s1. The normalized spacial score (nSPS) is 23.1. The van der Waals surface area contributed by atoms with E-state index in [1.54, 1.807) is 35.9 Å². The predicted octanol–water partition coefficient (Wildman–Crippen LogP) is 1.54. The van der Waals surface area contributed by atoms with Crippen molar-refractivity contribution in [3.8, 4) is 0 Å². The van der Waals surface area contributed by atoms with Gasteiger partial charge in [-0.2, -0.15) is 5.10 Å². The highest BCUT2D eigenvalue weighted by molar-refractivity contribution is 5.92. The molecule has 2 bridgehead atoms. The number of carbonyl (C=O) groups is 2. The minimum atomic E-state index is -0.0650. The van der Waals surface area contributed by atoms with E-state index in [2.05, 4.69) is 15.6 Å². The summed E-state index contributed by atoms with van der Waals surface area (Å²) in [6.07, 6.45) is 7.23. The number of aromatic nitrogens is 3. The van der Waals surface area contributed by atoms with E-state index in [1.807, 2.05) is 18.0 Å². The van der Waals surface area contributed by atoms with Gasteiger partial charge in [-0.3, -0.25) is 14.3 Å². The summed E-state index contributed by atoms with van der Waals surface area (Å²) in [4.78, 5) is 28.5. The van der Waals surface area contributed by atoms with Gasteiger partial charge >= 0.3 is 0 Å². The number of hydrogen-bond donors (Lipinski definition) is 1. The molecule has 0 aromatic carbocycles. The van der Waals surface area contributed by atoms with Crippen LogP contribution in [-0.2, 0) is 11.3 Å². The number of nitrogens with one attached hydrogen (secondary N) is 1. The number of amides is 2. The third-order valence-electron chi connectivity index (χ3n) is 6.36. The van der Waals surface area contributed by atoms with Crippen LogP contribution >= 0.6 is 0 Å². The Morgan fingerprint density at radius 3 is 2.90 bits per heavy atom. The fraction of sp³-hybridized carbons (Fsp3) is 0.636. The summed E-state index contributed by atoms with van der Waals surface area (Å²) in [5.41, 5.74) is 1.44. The molecule has 4 rings (SSSR count). The Morgan fingerprint density at radius 2 is 2.16 bits per heavy atom.